The van der Waals surface area contributed by atoms with E-state index in [1.54, 1.807) is 0 Å². The third-order valence-corrected chi connectivity index (χ3v) is 6.94. The molecule has 0 spiro atoms. The van der Waals surface area contributed by atoms with Gasteiger partial charge in [-0.3, -0.25) is 4.79 Å². The van der Waals surface area contributed by atoms with Gasteiger partial charge in [0.15, 0.2) is 11.3 Å². The van der Waals surface area contributed by atoms with E-state index in [2.05, 4.69) is 40.3 Å². The number of likely N-dealkylation sites (tertiary alicyclic amines) is 1. The Morgan fingerprint density at radius 3 is 2.66 bits per heavy atom. The van der Waals surface area contributed by atoms with Gasteiger partial charge in [-0.05, 0) is 51.0 Å². The molecule has 2 aliphatic rings. The van der Waals surface area contributed by atoms with Crippen LogP contribution in [0.5, 0.6) is 0 Å². The molecule has 5 heteroatoms. The van der Waals surface area contributed by atoms with Crippen molar-refractivity contribution in [2.24, 2.45) is 5.92 Å². The molecule has 4 rings (SSSR count). The lowest BCUT2D eigenvalue weighted by Crippen LogP contribution is -2.52. The molecular formula is C24H34N4O. The van der Waals surface area contributed by atoms with E-state index < -0.39 is 0 Å². The minimum atomic E-state index is -0.340. The van der Waals surface area contributed by atoms with E-state index in [9.17, 15) is 4.79 Å². The summed E-state index contributed by atoms with van der Waals surface area (Å²) >= 11 is 0. The van der Waals surface area contributed by atoms with Crippen molar-refractivity contribution in [3.8, 4) is 0 Å². The number of hydrogen-bond donors (Lipinski definition) is 0. The summed E-state index contributed by atoms with van der Waals surface area (Å²) < 4.78 is 1.88. The number of fused-ring (bicyclic) bond motifs is 1. The molecule has 0 N–H and O–H groups in total. The standard InChI is InChI=1S/C24H34N4O/c1-16(2)21-14-19(13-18-10-6-7-11-18)25-22-15-20(26-28(21)22)23(29)27-12-8-9-17(3)24(27,4)5/h14-16,18H,3,6-13H2,1-2,4-5H3. The predicted molar refractivity (Wildman–Crippen MR) is 116 cm³/mol. The lowest BCUT2D eigenvalue weighted by atomic mass is 9.85. The van der Waals surface area contributed by atoms with Crippen LogP contribution < -0.4 is 0 Å². The first kappa shape index (κ1) is 20.1. The average Bonchev–Trinajstić information content (AvgIpc) is 3.32. The fraction of sp³-hybridized carbons (Fsp3) is 0.625. The number of carbonyl (C=O) groups excluding carboxylic acids is 1. The zero-order chi connectivity index (χ0) is 20.8. The summed E-state index contributed by atoms with van der Waals surface area (Å²) in [5, 5.41) is 4.71. The lowest BCUT2D eigenvalue weighted by Gasteiger charge is -2.43. The van der Waals surface area contributed by atoms with Gasteiger partial charge in [0.05, 0.1) is 5.54 Å². The van der Waals surface area contributed by atoms with Crippen molar-refractivity contribution in [3.05, 3.63) is 41.4 Å². The SMILES string of the molecule is C=C1CCCN(C(=O)c2cc3nc(CC4CCCC4)cc(C(C)C)n3n2)C1(C)C. The maximum atomic E-state index is 13.4. The zero-order valence-corrected chi connectivity index (χ0v) is 18.4. The van der Waals surface area contributed by atoms with Gasteiger partial charge in [0.2, 0.25) is 0 Å². The van der Waals surface area contributed by atoms with Gasteiger partial charge in [-0.1, -0.05) is 51.7 Å². The summed E-state index contributed by atoms with van der Waals surface area (Å²) in [6, 6.07) is 4.07. The first-order valence-corrected chi connectivity index (χ1v) is 11.2. The molecule has 29 heavy (non-hydrogen) atoms. The number of nitrogens with zero attached hydrogens (tertiary/aromatic N) is 4. The molecule has 1 aliphatic heterocycles. The Bertz CT molecular complexity index is 934. The van der Waals surface area contributed by atoms with Crippen molar-refractivity contribution in [1.29, 1.82) is 0 Å². The smallest absolute Gasteiger partial charge is 0.275 e. The van der Waals surface area contributed by atoms with Crippen LogP contribution in [0.1, 0.15) is 94.0 Å². The highest BCUT2D eigenvalue weighted by Crippen LogP contribution is 2.33. The topological polar surface area (TPSA) is 50.5 Å². The summed E-state index contributed by atoms with van der Waals surface area (Å²) in [5.41, 5.74) is 4.32. The maximum Gasteiger partial charge on any atom is 0.275 e. The summed E-state index contributed by atoms with van der Waals surface area (Å²) in [4.78, 5) is 20.2. The third-order valence-electron chi connectivity index (χ3n) is 6.94. The first-order chi connectivity index (χ1) is 13.8. The fourth-order valence-electron chi connectivity index (χ4n) is 4.90. The van der Waals surface area contributed by atoms with Gasteiger partial charge in [-0.2, -0.15) is 5.10 Å². The van der Waals surface area contributed by atoms with Crippen LogP contribution >= 0.6 is 0 Å². The lowest BCUT2D eigenvalue weighted by molar-refractivity contribution is 0.0552. The van der Waals surface area contributed by atoms with E-state index in [0.29, 0.717) is 11.6 Å². The van der Waals surface area contributed by atoms with Crippen molar-refractivity contribution in [3.63, 3.8) is 0 Å². The highest BCUT2D eigenvalue weighted by atomic mass is 16.2. The second-order valence-electron chi connectivity index (χ2n) is 9.70. The van der Waals surface area contributed by atoms with Crippen LogP contribution in [-0.2, 0) is 6.42 Å². The molecule has 1 saturated heterocycles. The molecule has 5 nitrogen and oxygen atoms in total. The Labute approximate surface area is 174 Å². The summed E-state index contributed by atoms with van der Waals surface area (Å²) in [6.45, 7) is 13.5. The monoisotopic (exact) mass is 394 g/mol. The van der Waals surface area contributed by atoms with E-state index in [0.717, 1.165) is 54.3 Å². The van der Waals surface area contributed by atoms with E-state index in [1.807, 2.05) is 15.5 Å². The number of amides is 1. The number of rotatable bonds is 4. The van der Waals surface area contributed by atoms with Crippen molar-refractivity contribution in [2.75, 3.05) is 6.54 Å². The summed E-state index contributed by atoms with van der Waals surface area (Å²) in [5.74, 6) is 1.04. The van der Waals surface area contributed by atoms with Crippen molar-refractivity contribution < 1.29 is 4.79 Å². The second kappa shape index (κ2) is 7.58. The normalized spacial score (nSPS) is 20.2. The largest absolute Gasteiger partial charge is 0.328 e. The van der Waals surface area contributed by atoms with Crippen LogP contribution in [0.15, 0.2) is 24.3 Å². The second-order valence-corrected chi connectivity index (χ2v) is 9.70. The molecule has 0 bridgehead atoms. The molecule has 0 aromatic carbocycles. The fourth-order valence-corrected chi connectivity index (χ4v) is 4.90. The van der Waals surface area contributed by atoms with Gasteiger partial charge >= 0.3 is 0 Å². The van der Waals surface area contributed by atoms with Crippen LogP contribution in [-0.4, -0.2) is 37.5 Å². The van der Waals surface area contributed by atoms with Crippen molar-refractivity contribution >= 4 is 11.6 Å². The van der Waals surface area contributed by atoms with E-state index >= 15 is 0 Å². The molecule has 0 atom stereocenters. The molecule has 1 saturated carbocycles. The molecule has 2 aromatic rings. The summed E-state index contributed by atoms with van der Waals surface area (Å²) in [6.07, 6.45) is 8.26. The van der Waals surface area contributed by atoms with E-state index in [-0.39, 0.29) is 11.4 Å². The molecule has 1 aliphatic carbocycles. The quantitative estimate of drug-likeness (QED) is 0.673. The molecule has 0 unspecified atom stereocenters. The van der Waals surface area contributed by atoms with Gasteiger partial charge < -0.3 is 4.90 Å². The number of piperidine rings is 1. The van der Waals surface area contributed by atoms with Crippen molar-refractivity contribution in [2.45, 2.75) is 84.1 Å². The Balaban J connectivity index is 1.69. The first-order valence-electron chi connectivity index (χ1n) is 11.2. The van der Waals surface area contributed by atoms with Gasteiger partial charge in [0.25, 0.3) is 5.91 Å². The van der Waals surface area contributed by atoms with Gasteiger partial charge in [0, 0.05) is 24.0 Å². The number of carbonyl (C=O) groups is 1. The van der Waals surface area contributed by atoms with Gasteiger partial charge in [-0.25, -0.2) is 9.50 Å². The molecule has 0 radical (unpaired) electrons. The molecule has 2 aromatic heterocycles. The minimum absolute atomic E-state index is 0.0200. The molecule has 1 amide bonds. The Kier molecular flexibility index (Phi) is 5.26. The zero-order valence-electron chi connectivity index (χ0n) is 18.4. The Morgan fingerprint density at radius 2 is 1.97 bits per heavy atom. The van der Waals surface area contributed by atoms with Crippen LogP contribution in [0.4, 0.5) is 0 Å². The molecular weight excluding hydrogens is 360 g/mol. The van der Waals surface area contributed by atoms with E-state index in [1.165, 1.54) is 25.7 Å². The maximum absolute atomic E-state index is 13.4. The highest BCUT2D eigenvalue weighted by molar-refractivity contribution is 5.94. The van der Waals surface area contributed by atoms with E-state index in [4.69, 9.17) is 10.1 Å². The molecule has 2 fully saturated rings. The van der Waals surface area contributed by atoms with Crippen LogP contribution in [0.3, 0.4) is 0 Å². The Hall–Kier alpha value is -2.17. The predicted octanol–water partition coefficient (Wildman–Crippen LogP) is 5.16. The summed E-state index contributed by atoms with van der Waals surface area (Å²) in [7, 11) is 0. The van der Waals surface area contributed by atoms with Crippen LogP contribution in [0, 0.1) is 5.92 Å². The van der Waals surface area contributed by atoms with Crippen molar-refractivity contribution in [1.82, 2.24) is 19.5 Å². The van der Waals surface area contributed by atoms with Crippen LogP contribution in [0.25, 0.3) is 5.65 Å². The molecule has 156 valence electrons. The molecule has 3 heterocycles. The van der Waals surface area contributed by atoms with Gasteiger partial charge in [-0.15, -0.1) is 0 Å². The number of aromatic nitrogens is 3. The number of hydrogen-bond acceptors (Lipinski definition) is 3. The Morgan fingerprint density at radius 1 is 1.24 bits per heavy atom. The highest BCUT2D eigenvalue weighted by Gasteiger charge is 2.37. The minimum Gasteiger partial charge on any atom is -0.328 e. The third kappa shape index (κ3) is 3.72. The van der Waals surface area contributed by atoms with Crippen LogP contribution in [0.2, 0.25) is 0 Å². The van der Waals surface area contributed by atoms with Gasteiger partial charge in [0.1, 0.15) is 0 Å². The average molecular weight is 395 g/mol.